The highest BCUT2D eigenvalue weighted by Gasteiger charge is 2.18. The van der Waals surface area contributed by atoms with Crippen LogP contribution < -0.4 is 4.90 Å². The monoisotopic (exact) mass is 225 g/mol. The Morgan fingerprint density at radius 1 is 1.31 bits per heavy atom. The van der Waals surface area contributed by atoms with Crippen LogP contribution in [0.1, 0.15) is 26.3 Å². The van der Waals surface area contributed by atoms with E-state index in [0.717, 1.165) is 6.54 Å². The van der Waals surface area contributed by atoms with E-state index in [9.17, 15) is 9.50 Å². The summed E-state index contributed by atoms with van der Waals surface area (Å²) in [6, 6.07) is 4.79. The van der Waals surface area contributed by atoms with Gasteiger partial charge in [0.05, 0.1) is 12.3 Å². The first-order valence-electron chi connectivity index (χ1n) is 5.44. The quantitative estimate of drug-likeness (QED) is 0.855. The van der Waals surface area contributed by atoms with Crippen molar-refractivity contribution >= 4 is 5.69 Å². The molecule has 1 aromatic carbocycles. The molecule has 1 rings (SSSR count). The molecule has 3 heteroatoms. The Labute approximate surface area is 96.7 Å². The van der Waals surface area contributed by atoms with Gasteiger partial charge in [-0.05, 0) is 11.5 Å². The van der Waals surface area contributed by atoms with Crippen LogP contribution in [-0.4, -0.2) is 18.7 Å². The summed E-state index contributed by atoms with van der Waals surface area (Å²) in [5, 5.41) is 9.20. The molecular formula is C13H20FNO. The Hall–Kier alpha value is -1.09. The molecule has 1 aromatic rings. The standard InChI is InChI=1S/C13H20FNO/c1-13(2,3)9-15(4)12-10(8-16)6-5-7-11(12)14/h5-7,16H,8-9H2,1-4H3. The summed E-state index contributed by atoms with van der Waals surface area (Å²) in [6.07, 6.45) is 0. The Balaban J connectivity index is 3.02. The van der Waals surface area contributed by atoms with E-state index in [0.29, 0.717) is 11.3 Å². The van der Waals surface area contributed by atoms with E-state index in [1.165, 1.54) is 6.07 Å². The number of nitrogens with zero attached hydrogens (tertiary/aromatic N) is 1. The summed E-state index contributed by atoms with van der Waals surface area (Å²) in [7, 11) is 1.85. The Kier molecular flexibility index (Phi) is 3.92. The van der Waals surface area contributed by atoms with Gasteiger partial charge in [-0.3, -0.25) is 0 Å². The number of halogens is 1. The maximum Gasteiger partial charge on any atom is 0.146 e. The van der Waals surface area contributed by atoms with Crippen molar-refractivity contribution in [3.8, 4) is 0 Å². The largest absolute Gasteiger partial charge is 0.392 e. The zero-order valence-electron chi connectivity index (χ0n) is 10.4. The summed E-state index contributed by atoms with van der Waals surface area (Å²) in [5.41, 5.74) is 1.22. The smallest absolute Gasteiger partial charge is 0.146 e. The van der Waals surface area contributed by atoms with Gasteiger partial charge in [-0.2, -0.15) is 0 Å². The number of hydrogen-bond donors (Lipinski definition) is 1. The number of aliphatic hydroxyl groups is 1. The van der Waals surface area contributed by atoms with Crippen LogP contribution in [0.3, 0.4) is 0 Å². The molecule has 0 aromatic heterocycles. The van der Waals surface area contributed by atoms with Crippen molar-refractivity contribution in [2.45, 2.75) is 27.4 Å². The number of aliphatic hydroxyl groups excluding tert-OH is 1. The molecule has 0 saturated carbocycles. The first kappa shape index (κ1) is 13.0. The Morgan fingerprint density at radius 3 is 2.44 bits per heavy atom. The van der Waals surface area contributed by atoms with Gasteiger partial charge < -0.3 is 10.0 Å². The molecular weight excluding hydrogens is 205 g/mol. The fraction of sp³-hybridized carbons (Fsp3) is 0.538. The van der Waals surface area contributed by atoms with E-state index in [1.54, 1.807) is 12.1 Å². The molecule has 0 spiro atoms. The molecule has 0 fully saturated rings. The van der Waals surface area contributed by atoms with Gasteiger partial charge in [0.1, 0.15) is 5.82 Å². The maximum atomic E-state index is 13.7. The highest BCUT2D eigenvalue weighted by atomic mass is 19.1. The minimum absolute atomic E-state index is 0.0871. The zero-order chi connectivity index (χ0) is 12.3. The molecule has 0 bridgehead atoms. The summed E-state index contributed by atoms with van der Waals surface area (Å²) >= 11 is 0. The highest BCUT2D eigenvalue weighted by molar-refractivity contribution is 5.54. The van der Waals surface area contributed by atoms with Crippen LogP contribution in [-0.2, 0) is 6.61 Å². The minimum Gasteiger partial charge on any atom is -0.392 e. The average molecular weight is 225 g/mol. The third-order valence-electron chi connectivity index (χ3n) is 2.33. The van der Waals surface area contributed by atoms with Gasteiger partial charge in [0, 0.05) is 19.2 Å². The van der Waals surface area contributed by atoms with E-state index in [-0.39, 0.29) is 17.8 Å². The molecule has 16 heavy (non-hydrogen) atoms. The maximum absolute atomic E-state index is 13.7. The van der Waals surface area contributed by atoms with Gasteiger partial charge in [-0.15, -0.1) is 0 Å². The summed E-state index contributed by atoms with van der Waals surface area (Å²) in [6.45, 7) is 6.90. The highest BCUT2D eigenvalue weighted by Crippen LogP contribution is 2.26. The molecule has 90 valence electrons. The molecule has 0 unspecified atom stereocenters. The molecule has 0 heterocycles. The lowest BCUT2D eigenvalue weighted by atomic mass is 9.95. The molecule has 0 amide bonds. The van der Waals surface area contributed by atoms with Crippen LogP contribution in [0.5, 0.6) is 0 Å². The first-order valence-corrected chi connectivity index (χ1v) is 5.44. The second-order valence-electron chi connectivity index (χ2n) is 5.32. The van der Waals surface area contributed by atoms with Crippen LogP contribution in [0.2, 0.25) is 0 Å². The topological polar surface area (TPSA) is 23.5 Å². The lowest BCUT2D eigenvalue weighted by molar-refractivity contribution is 0.281. The predicted molar refractivity (Wildman–Crippen MR) is 65.0 cm³/mol. The normalized spacial score (nSPS) is 11.6. The molecule has 0 atom stereocenters. The average Bonchev–Trinajstić information content (AvgIpc) is 2.14. The van der Waals surface area contributed by atoms with Crippen molar-refractivity contribution in [2.75, 3.05) is 18.5 Å². The van der Waals surface area contributed by atoms with Crippen LogP contribution in [0, 0.1) is 11.2 Å². The third-order valence-corrected chi connectivity index (χ3v) is 2.33. The SMILES string of the molecule is CN(CC(C)(C)C)c1c(F)cccc1CO. The number of rotatable bonds is 3. The van der Waals surface area contributed by atoms with E-state index in [4.69, 9.17) is 0 Å². The van der Waals surface area contributed by atoms with E-state index >= 15 is 0 Å². The zero-order valence-corrected chi connectivity index (χ0v) is 10.4. The molecule has 2 nitrogen and oxygen atoms in total. The summed E-state index contributed by atoms with van der Waals surface area (Å²) in [5.74, 6) is -0.279. The van der Waals surface area contributed by atoms with Crippen molar-refractivity contribution in [3.63, 3.8) is 0 Å². The second kappa shape index (κ2) is 4.83. The van der Waals surface area contributed by atoms with Gasteiger partial charge in [-0.25, -0.2) is 4.39 Å². The van der Waals surface area contributed by atoms with Gasteiger partial charge in [0.2, 0.25) is 0 Å². The van der Waals surface area contributed by atoms with Crippen LogP contribution in [0.4, 0.5) is 10.1 Å². The van der Waals surface area contributed by atoms with E-state index in [2.05, 4.69) is 20.8 Å². The van der Waals surface area contributed by atoms with Crippen LogP contribution in [0.15, 0.2) is 18.2 Å². The van der Waals surface area contributed by atoms with Crippen LogP contribution in [0.25, 0.3) is 0 Å². The molecule has 0 radical (unpaired) electrons. The van der Waals surface area contributed by atoms with Crippen molar-refractivity contribution in [1.82, 2.24) is 0 Å². The lowest BCUT2D eigenvalue weighted by Gasteiger charge is -2.29. The first-order chi connectivity index (χ1) is 7.35. The lowest BCUT2D eigenvalue weighted by Crippen LogP contribution is -2.30. The van der Waals surface area contributed by atoms with Crippen molar-refractivity contribution in [3.05, 3.63) is 29.6 Å². The third kappa shape index (κ3) is 3.20. The molecule has 0 aliphatic rings. The number of hydrogen-bond acceptors (Lipinski definition) is 2. The summed E-state index contributed by atoms with van der Waals surface area (Å²) < 4.78 is 13.7. The fourth-order valence-corrected chi connectivity index (χ4v) is 1.91. The Morgan fingerprint density at radius 2 is 1.94 bits per heavy atom. The Bertz CT molecular complexity index is 357. The number of benzene rings is 1. The van der Waals surface area contributed by atoms with Crippen molar-refractivity contribution < 1.29 is 9.50 Å². The molecule has 0 aliphatic carbocycles. The van der Waals surface area contributed by atoms with Gasteiger partial charge in [0.25, 0.3) is 0 Å². The van der Waals surface area contributed by atoms with Gasteiger partial charge >= 0.3 is 0 Å². The van der Waals surface area contributed by atoms with Crippen LogP contribution >= 0.6 is 0 Å². The number of anilines is 1. The van der Waals surface area contributed by atoms with Crippen molar-refractivity contribution in [1.29, 1.82) is 0 Å². The summed E-state index contributed by atoms with van der Waals surface area (Å²) in [4.78, 5) is 1.86. The van der Waals surface area contributed by atoms with Crippen molar-refractivity contribution in [2.24, 2.45) is 5.41 Å². The van der Waals surface area contributed by atoms with E-state index < -0.39 is 0 Å². The molecule has 0 saturated heterocycles. The number of para-hydroxylation sites is 1. The molecule has 0 aliphatic heterocycles. The van der Waals surface area contributed by atoms with Gasteiger partial charge in [-0.1, -0.05) is 32.9 Å². The predicted octanol–water partition coefficient (Wildman–Crippen LogP) is 2.80. The minimum atomic E-state index is -0.279. The van der Waals surface area contributed by atoms with E-state index in [1.807, 2.05) is 11.9 Å². The second-order valence-corrected chi connectivity index (χ2v) is 5.32. The van der Waals surface area contributed by atoms with Gasteiger partial charge in [0.15, 0.2) is 0 Å². The fourth-order valence-electron chi connectivity index (χ4n) is 1.91. The molecule has 1 N–H and O–H groups in total.